The van der Waals surface area contributed by atoms with Gasteiger partial charge in [0.2, 0.25) is 0 Å². The molecule has 0 fully saturated rings. The maximum Gasteiger partial charge on any atom is 0.124 e. The van der Waals surface area contributed by atoms with Gasteiger partial charge in [-0.2, -0.15) is 0 Å². The fourth-order valence-corrected chi connectivity index (χ4v) is 2.69. The molecule has 0 amide bonds. The molecule has 3 heteroatoms. The van der Waals surface area contributed by atoms with E-state index in [0.717, 1.165) is 16.5 Å². The van der Waals surface area contributed by atoms with Crippen molar-refractivity contribution in [2.24, 2.45) is 0 Å². The summed E-state index contributed by atoms with van der Waals surface area (Å²) < 4.78 is 14.2. The third-order valence-electron chi connectivity index (χ3n) is 3.23. The topological polar surface area (TPSA) is 12.0 Å². The molecule has 102 valence electrons. The molecule has 0 aliphatic carbocycles. The van der Waals surface area contributed by atoms with Gasteiger partial charge in [0.1, 0.15) is 5.82 Å². The van der Waals surface area contributed by atoms with Gasteiger partial charge in [0.05, 0.1) is 0 Å². The van der Waals surface area contributed by atoms with E-state index in [4.69, 9.17) is 0 Å². The average molecular weight is 316 g/mol. The summed E-state index contributed by atoms with van der Waals surface area (Å²) in [6.45, 7) is 2.22. The van der Waals surface area contributed by atoms with Crippen LogP contribution in [0.2, 0.25) is 0 Å². The molecule has 1 atom stereocenters. The van der Waals surface area contributed by atoms with E-state index in [1.807, 2.05) is 13.1 Å². The van der Waals surface area contributed by atoms with Gasteiger partial charge in [-0.1, -0.05) is 55.0 Å². The van der Waals surface area contributed by atoms with Crippen LogP contribution in [0.25, 0.3) is 0 Å². The van der Waals surface area contributed by atoms with Crippen LogP contribution in [-0.2, 0) is 0 Å². The fraction of sp³-hybridized carbons (Fsp3) is 0.600. The van der Waals surface area contributed by atoms with Gasteiger partial charge in [-0.25, -0.2) is 4.39 Å². The van der Waals surface area contributed by atoms with Gasteiger partial charge >= 0.3 is 0 Å². The average Bonchev–Trinajstić information content (AvgIpc) is 2.32. The Balaban J connectivity index is 2.49. The third kappa shape index (κ3) is 5.49. The lowest BCUT2D eigenvalue weighted by molar-refractivity contribution is 0.497. The van der Waals surface area contributed by atoms with E-state index < -0.39 is 0 Å². The molecule has 0 aliphatic heterocycles. The summed E-state index contributed by atoms with van der Waals surface area (Å²) in [4.78, 5) is 0. The molecule has 1 aromatic carbocycles. The molecule has 18 heavy (non-hydrogen) atoms. The first kappa shape index (κ1) is 15.6. The van der Waals surface area contributed by atoms with Crippen molar-refractivity contribution in [1.82, 2.24) is 5.32 Å². The van der Waals surface area contributed by atoms with Crippen molar-refractivity contribution in [3.05, 3.63) is 34.1 Å². The third-order valence-corrected chi connectivity index (χ3v) is 3.69. The Morgan fingerprint density at radius 2 is 1.89 bits per heavy atom. The van der Waals surface area contributed by atoms with Crippen LogP contribution < -0.4 is 5.32 Å². The SMILES string of the molecule is CCCCCCCC(NC)c1cc(F)cc(Br)c1. The zero-order valence-electron chi connectivity index (χ0n) is 11.3. The monoisotopic (exact) mass is 315 g/mol. The highest BCUT2D eigenvalue weighted by Gasteiger charge is 2.10. The number of halogens is 2. The summed E-state index contributed by atoms with van der Waals surface area (Å²) in [6.07, 6.45) is 7.42. The molecule has 0 radical (unpaired) electrons. The van der Waals surface area contributed by atoms with E-state index in [-0.39, 0.29) is 11.9 Å². The zero-order chi connectivity index (χ0) is 13.4. The highest BCUT2D eigenvalue weighted by Crippen LogP contribution is 2.24. The summed E-state index contributed by atoms with van der Waals surface area (Å²) in [6, 6.07) is 5.37. The minimum atomic E-state index is -0.175. The highest BCUT2D eigenvalue weighted by atomic mass is 79.9. The van der Waals surface area contributed by atoms with Crippen LogP contribution >= 0.6 is 15.9 Å². The van der Waals surface area contributed by atoms with E-state index >= 15 is 0 Å². The number of hydrogen-bond acceptors (Lipinski definition) is 1. The molecular formula is C15H23BrFN. The van der Waals surface area contributed by atoms with E-state index in [2.05, 4.69) is 28.2 Å². The lowest BCUT2D eigenvalue weighted by Gasteiger charge is -2.17. The lowest BCUT2D eigenvalue weighted by atomic mass is 10.00. The van der Waals surface area contributed by atoms with Gasteiger partial charge in [-0.15, -0.1) is 0 Å². The van der Waals surface area contributed by atoms with E-state index in [1.54, 1.807) is 6.07 Å². The largest absolute Gasteiger partial charge is 0.313 e. The van der Waals surface area contributed by atoms with E-state index in [1.165, 1.54) is 38.2 Å². The van der Waals surface area contributed by atoms with Crippen molar-refractivity contribution in [3.8, 4) is 0 Å². The van der Waals surface area contributed by atoms with Crippen molar-refractivity contribution < 1.29 is 4.39 Å². The Hall–Kier alpha value is -0.410. The fourth-order valence-electron chi connectivity index (χ4n) is 2.21. The summed E-state index contributed by atoms with van der Waals surface area (Å²) >= 11 is 3.35. The van der Waals surface area contributed by atoms with Gasteiger partial charge < -0.3 is 5.32 Å². The second kappa shape index (κ2) is 8.65. The molecule has 1 nitrogen and oxygen atoms in total. The minimum absolute atomic E-state index is 0.175. The number of rotatable bonds is 8. The smallest absolute Gasteiger partial charge is 0.124 e. The quantitative estimate of drug-likeness (QED) is 0.649. The van der Waals surface area contributed by atoms with Crippen molar-refractivity contribution in [3.63, 3.8) is 0 Å². The van der Waals surface area contributed by atoms with Crippen LogP contribution in [0.5, 0.6) is 0 Å². The van der Waals surface area contributed by atoms with Crippen LogP contribution in [0.4, 0.5) is 4.39 Å². The van der Waals surface area contributed by atoms with Crippen molar-refractivity contribution >= 4 is 15.9 Å². The molecule has 0 heterocycles. The van der Waals surface area contributed by atoms with Crippen molar-refractivity contribution in [2.45, 2.75) is 51.5 Å². The number of hydrogen-bond donors (Lipinski definition) is 1. The standard InChI is InChI=1S/C15H23BrFN/c1-3-4-5-6-7-8-15(18-2)12-9-13(16)11-14(17)10-12/h9-11,15,18H,3-8H2,1-2H3. The molecule has 1 aromatic rings. The first-order valence-corrected chi connectivity index (χ1v) is 7.60. The highest BCUT2D eigenvalue weighted by molar-refractivity contribution is 9.10. The Bertz CT molecular complexity index is 334. The maximum atomic E-state index is 13.4. The predicted octanol–water partition coefficient (Wildman–Crippen LogP) is 5.21. The minimum Gasteiger partial charge on any atom is -0.313 e. The summed E-state index contributed by atoms with van der Waals surface area (Å²) in [5.74, 6) is -0.175. The maximum absolute atomic E-state index is 13.4. The summed E-state index contributed by atoms with van der Waals surface area (Å²) in [5, 5.41) is 3.28. The van der Waals surface area contributed by atoms with Gasteiger partial charge in [0.25, 0.3) is 0 Å². The molecule has 1 rings (SSSR count). The number of benzene rings is 1. The summed E-state index contributed by atoms with van der Waals surface area (Å²) in [7, 11) is 1.94. The van der Waals surface area contributed by atoms with E-state index in [9.17, 15) is 4.39 Å². The molecule has 0 aromatic heterocycles. The van der Waals surface area contributed by atoms with Gasteiger partial charge in [-0.05, 0) is 37.2 Å². The Labute approximate surface area is 118 Å². The normalized spacial score (nSPS) is 12.7. The van der Waals surface area contributed by atoms with Gasteiger partial charge in [-0.3, -0.25) is 0 Å². The summed E-state index contributed by atoms with van der Waals surface area (Å²) in [5.41, 5.74) is 1.03. The molecule has 0 aliphatic rings. The predicted molar refractivity (Wildman–Crippen MR) is 79.3 cm³/mol. The van der Waals surface area contributed by atoms with Crippen molar-refractivity contribution in [2.75, 3.05) is 7.05 Å². The molecular weight excluding hydrogens is 293 g/mol. The number of nitrogens with one attached hydrogen (secondary N) is 1. The van der Waals surface area contributed by atoms with Crippen LogP contribution in [0.3, 0.4) is 0 Å². The second-order valence-electron chi connectivity index (χ2n) is 4.75. The molecule has 1 N–H and O–H groups in total. The Morgan fingerprint density at radius 3 is 2.50 bits per heavy atom. The van der Waals surface area contributed by atoms with Crippen LogP contribution in [0, 0.1) is 5.82 Å². The Kier molecular flexibility index (Phi) is 7.52. The van der Waals surface area contributed by atoms with Gasteiger partial charge in [0.15, 0.2) is 0 Å². The second-order valence-corrected chi connectivity index (χ2v) is 5.66. The Morgan fingerprint density at radius 1 is 1.17 bits per heavy atom. The molecule has 0 saturated carbocycles. The molecule has 1 unspecified atom stereocenters. The lowest BCUT2D eigenvalue weighted by Crippen LogP contribution is -2.16. The van der Waals surface area contributed by atoms with Crippen LogP contribution in [0.15, 0.2) is 22.7 Å². The van der Waals surface area contributed by atoms with Crippen LogP contribution in [0.1, 0.15) is 57.1 Å². The van der Waals surface area contributed by atoms with Gasteiger partial charge in [0, 0.05) is 10.5 Å². The first-order chi connectivity index (χ1) is 8.67. The van der Waals surface area contributed by atoms with Crippen molar-refractivity contribution in [1.29, 1.82) is 0 Å². The first-order valence-electron chi connectivity index (χ1n) is 6.80. The van der Waals surface area contributed by atoms with E-state index in [0.29, 0.717) is 0 Å². The zero-order valence-corrected chi connectivity index (χ0v) is 12.9. The molecule has 0 spiro atoms. The number of unbranched alkanes of at least 4 members (excludes halogenated alkanes) is 4. The molecule has 0 bridgehead atoms. The van der Waals surface area contributed by atoms with Crippen LogP contribution in [-0.4, -0.2) is 7.05 Å². The molecule has 0 saturated heterocycles.